The van der Waals surface area contributed by atoms with E-state index in [1.165, 1.54) is 7.11 Å². The highest BCUT2D eigenvalue weighted by Gasteiger charge is 2.24. The van der Waals surface area contributed by atoms with Gasteiger partial charge in [-0.1, -0.05) is 22.0 Å². The van der Waals surface area contributed by atoms with Crippen molar-refractivity contribution in [2.45, 2.75) is 25.4 Å². The molecule has 0 radical (unpaired) electrons. The van der Waals surface area contributed by atoms with Crippen molar-refractivity contribution < 1.29 is 9.53 Å². The molecule has 1 aliphatic heterocycles. The van der Waals surface area contributed by atoms with Gasteiger partial charge in [0.05, 0.1) is 13.2 Å². The first-order valence-electron chi connectivity index (χ1n) is 6.65. The first kappa shape index (κ1) is 15.1. The lowest BCUT2D eigenvalue weighted by molar-refractivity contribution is 0.167. The molecule has 20 heavy (non-hydrogen) atoms. The van der Waals surface area contributed by atoms with Crippen molar-refractivity contribution in [3.05, 3.63) is 28.2 Å². The number of nitrogens with two attached hydrogens (primary N) is 1. The minimum Gasteiger partial charge on any atom is -0.453 e. The fourth-order valence-electron chi connectivity index (χ4n) is 2.42. The summed E-state index contributed by atoms with van der Waals surface area (Å²) in [5.74, 6) is 0. The van der Waals surface area contributed by atoms with Gasteiger partial charge < -0.3 is 20.7 Å². The standard InChI is InChI=1S/C14H20BrN3O2/c1-9(16)12-4-3-11(7-13(12)15)18-6-5-10(8-18)17-14(19)20-2/h3-4,7,9-10H,5-6,8,16H2,1-2H3,(H,17,19). The van der Waals surface area contributed by atoms with E-state index in [1.54, 1.807) is 0 Å². The summed E-state index contributed by atoms with van der Waals surface area (Å²) in [5.41, 5.74) is 8.13. The number of alkyl carbamates (subject to hydrolysis) is 1. The highest BCUT2D eigenvalue weighted by molar-refractivity contribution is 9.10. The van der Waals surface area contributed by atoms with E-state index in [-0.39, 0.29) is 18.2 Å². The van der Waals surface area contributed by atoms with Crippen molar-refractivity contribution in [1.29, 1.82) is 0 Å². The quantitative estimate of drug-likeness (QED) is 0.885. The smallest absolute Gasteiger partial charge is 0.407 e. The Kier molecular flexibility index (Phi) is 4.88. The summed E-state index contributed by atoms with van der Waals surface area (Å²) in [7, 11) is 1.38. The van der Waals surface area contributed by atoms with E-state index >= 15 is 0 Å². The van der Waals surface area contributed by atoms with Crippen LogP contribution in [0.2, 0.25) is 0 Å². The van der Waals surface area contributed by atoms with E-state index in [0.29, 0.717) is 0 Å². The SMILES string of the molecule is COC(=O)NC1CCN(c2ccc(C(C)N)c(Br)c2)C1. The van der Waals surface area contributed by atoms with Gasteiger partial charge in [0.25, 0.3) is 0 Å². The van der Waals surface area contributed by atoms with Gasteiger partial charge in [-0.25, -0.2) is 4.79 Å². The zero-order chi connectivity index (χ0) is 14.7. The Bertz CT molecular complexity index is 493. The van der Waals surface area contributed by atoms with Crippen molar-refractivity contribution in [2.24, 2.45) is 5.73 Å². The van der Waals surface area contributed by atoms with Gasteiger partial charge in [-0.3, -0.25) is 0 Å². The number of hydrogen-bond acceptors (Lipinski definition) is 4. The molecule has 1 heterocycles. The predicted octanol–water partition coefficient (Wildman–Crippen LogP) is 2.40. The Balaban J connectivity index is 2.03. The van der Waals surface area contributed by atoms with Gasteiger partial charge in [0.2, 0.25) is 0 Å². The number of halogens is 1. The second kappa shape index (κ2) is 6.45. The number of nitrogens with zero attached hydrogens (tertiary/aromatic N) is 1. The number of amides is 1. The highest BCUT2D eigenvalue weighted by Crippen LogP contribution is 2.29. The average Bonchev–Trinajstić information content (AvgIpc) is 2.86. The summed E-state index contributed by atoms with van der Waals surface area (Å²) in [5, 5.41) is 2.84. The number of carbonyl (C=O) groups excluding carboxylic acids is 1. The maximum Gasteiger partial charge on any atom is 0.407 e. The fourth-order valence-corrected chi connectivity index (χ4v) is 3.15. The lowest BCUT2D eigenvalue weighted by Crippen LogP contribution is -2.36. The normalized spacial score (nSPS) is 19.8. The van der Waals surface area contributed by atoms with E-state index in [9.17, 15) is 4.79 Å². The molecule has 1 aliphatic rings. The molecule has 0 aliphatic carbocycles. The third-order valence-corrected chi connectivity index (χ3v) is 4.22. The number of carbonyl (C=O) groups is 1. The van der Waals surface area contributed by atoms with Gasteiger partial charge in [0.1, 0.15) is 0 Å². The van der Waals surface area contributed by atoms with Crippen LogP contribution in [0.5, 0.6) is 0 Å². The molecule has 0 aromatic heterocycles. The maximum absolute atomic E-state index is 11.2. The Hall–Kier alpha value is -1.27. The summed E-state index contributed by atoms with van der Waals surface area (Å²) in [4.78, 5) is 13.5. The maximum atomic E-state index is 11.2. The Morgan fingerprint density at radius 1 is 1.60 bits per heavy atom. The number of anilines is 1. The molecule has 0 bridgehead atoms. The van der Waals surface area contributed by atoms with Crippen LogP contribution >= 0.6 is 15.9 Å². The van der Waals surface area contributed by atoms with Crippen LogP contribution < -0.4 is 16.0 Å². The number of benzene rings is 1. The first-order valence-corrected chi connectivity index (χ1v) is 7.45. The lowest BCUT2D eigenvalue weighted by atomic mass is 10.1. The average molecular weight is 342 g/mol. The van der Waals surface area contributed by atoms with E-state index in [1.807, 2.05) is 13.0 Å². The van der Waals surface area contributed by atoms with Gasteiger partial charge in [-0.2, -0.15) is 0 Å². The third-order valence-electron chi connectivity index (χ3n) is 3.54. The van der Waals surface area contributed by atoms with Gasteiger partial charge in [-0.05, 0) is 31.0 Å². The van der Waals surface area contributed by atoms with Crippen molar-refractivity contribution in [3.8, 4) is 0 Å². The van der Waals surface area contributed by atoms with Gasteiger partial charge >= 0.3 is 6.09 Å². The molecule has 1 amide bonds. The Morgan fingerprint density at radius 3 is 2.95 bits per heavy atom. The molecule has 1 fully saturated rings. The Morgan fingerprint density at radius 2 is 2.35 bits per heavy atom. The van der Waals surface area contributed by atoms with Crippen LogP contribution in [0.15, 0.2) is 22.7 Å². The number of nitrogens with one attached hydrogen (secondary N) is 1. The molecule has 110 valence electrons. The summed E-state index contributed by atoms with van der Waals surface area (Å²) < 4.78 is 5.65. The molecular weight excluding hydrogens is 322 g/mol. The zero-order valence-electron chi connectivity index (χ0n) is 11.7. The van der Waals surface area contributed by atoms with Crippen LogP contribution in [0, 0.1) is 0 Å². The van der Waals surface area contributed by atoms with E-state index < -0.39 is 0 Å². The van der Waals surface area contributed by atoms with Crippen molar-refractivity contribution in [2.75, 3.05) is 25.1 Å². The van der Waals surface area contributed by atoms with Gasteiger partial charge in [0.15, 0.2) is 0 Å². The number of rotatable bonds is 3. The van der Waals surface area contributed by atoms with Crippen LogP contribution in [0.3, 0.4) is 0 Å². The second-order valence-electron chi connectivity index (χ2n) is 5.06. The first-order chi connectivity index (χ1) is 9.51. The molecule has 2 rings (SSSR count). The van der Waals surface area contributed by atoms with Crippen LogP contribution in [-0.4, -0.2) is 32.3 Å². The molecule has 2 unspecified atom stereocenters. The molecule has 6 heteroatoms. The fraction of sp³-hybridized carbons (Fsp3) is 0.500. The second-order valence-corrected chi connectivity index (χ2v) is 5.92. The van der Waals surface area contributed by atoms with Crippen LogP contribution in [0.25, 0.3) is 0 Å². The highest BCUT2D eigenvalue weighted by atomic mass is 79.9. The minimum atomic E-state index is -0.370. The molecule has 3 N–H and O–H groups in total. The molecule has 1 saturated heterocycles. The molecule has 1 aromatic carbocycles. The van der Waals surface area contributed by atoms with E-state index in [4.69, 9.17) is 5.73 Å². The summed E-state index contributed by atoms with van der Waals surface area (Å²) >= 11 is 3.57. The van der Waals surface area contributed by atoms with E-state index in [0.717, 1.165) is 35.2 Å². The Labute approximate surface area is 127 Å². The summed E-state index contributed by atoms with van der Waals surface area (Å²) in [6.07, 6.45) is 0.548. The van der Waals surface area contributed by atoms with Gasteiger partial charge in [0, 0.05) is 29.3 Å². The predicted molar refractivity (Wildman–Crippen MR) is 82.9 cm³/mol. The topological polar surface area (TPSA) is 67.6 Å². The lowest BCUT2D eigenvalue weighted by Gasteiger charge is -2.20. The molecule has 0 spiro atoms. The minimum absolute atomic E-state index is 0.00532. The summed E-state index contributed by atoms with van der Waals surface area (Å²) in [6, 6.07) is 6.34. The zero-order valence-corrected chi connectivity index (χ0v) is 13.3. The van der Waals surface area contributed by atoms with E-state index in [2.05, 4.69) is 43.0 Å². The largest absolute Gasteiger partial charge is 0.453 e. The number of methoxy groups -OCH3 is 1. The third kappa shape index (κ3) is 3.43. The molecule has 0 saturated carbocycles. The monoisotopic (exact) mass is 341 g/mol. The van der Waals surface area contributed by atoms with Crippen molar-refractivity contribution in [3.63, 3.8) is 0 Å². The van der Waals surface area contributed by atoms with Crippen LogP contribution in [0.1, 0.15) is 24.9 Å². The van der Waals surface area contributed by atoms with Gasteiger partial charge in [-0.15, -0.1) is 0 Å². The summed E-state index contributed by atoms with van der Waals surface area (Å²) in [6.45, 7) is 3.67. The molecule has 2 atom stereocenters. The van der Waals surface area contributed by atoms with Crippen molar-refractivity contribution >= 4 is 27.7 Å². The van der Waals surface area contributed by atoms with Crippen LogP contribution in [-0.2, 0) is 4.74 Å². The molecule has 1 aromatic rings. The van der Waals surface area contributed by atoms with Crippen molar-refractivity contribution in [1.82, 2.24) is 5.32 Å². The molecule has 5 nitrogen and oxygen atoms in total. The van der Waals surface area contributed by atoms with Crippen LogP contribution in [0.4, 0.5) is 10.5 Å². The number of ether oxygens (including phenoxy) is 1. The number of hydrogen-bond donors (Lipinski definition) is 2. The molecular formula is C14H20BrN3O2.